The Morgan fingerprint density at radius 3 is 2.91 bits per heavy atom. The molecule has 1 N–H and O–H groups in total. The molecule has 0 rings (SSSR count). The van der Waals surface area contributed by atoms with Gasteiger partial charge >= 0.3 is 12.2 Å². The quantitative estimate of drug-likeness (QED) is 0.193. The zero-order valence-electron chi connectivity index (χ0n) is 5.80. The molecule has 0 aromatic carbocycles. The summed E-state index contributed by atoms with van der Waals surface area (Å²) < 4.78 is 4.44. The van der Waals surface area contributed by atoms with Crippen LogP contribution in [0.4, 0.5) is 0 Å². The van der Waals surface area contributed by atoms with Crippen LogP contribution in [0.3, 0.4) is 0 Å². The summed E-state index contributed by atoms with van der Waals surface area (Å²) in [6.45, 7) is -0.0307. The Morgan fingerprint density at radius 1 is 1.64 bits per heavy atom. The molecule has 0 spiro atoms. The summed E-state index contributed by atoms with van der Waals surface area (Å²) in [5, 5.41) is 8.24. The fourth-order valence-electron chi connectivity index (χ4n) is 0.357. The third-order valence-corrected chi connectivity index (χ3v) is 0.757. The van der Waals surface area contributed by atoms with Gasteiger partial charge in [0.2, 0.25) is 0 Å². The maximum absolute atomic E-state index is 10.4. The van der Waals surface area contributed by atoms with Gasteiger partial charge in [-0.15, -0.1) is 0 Å². The van der Waals surface area contributed by atoms with Crippen LogP contribution in [0.5, 0.6) is 0 Å². The van der Waals surface area contributed by atoms with E-state index in [0.717, 1.165) is 0 Å². The van der Waals surface area contributed by atoms with Gasteiger partial charge in [-0.25, -0.2) is 4.79 Å². The van der Waals surface area contributed by atoms with Gasteiger partial charge in [0, 0.05) is 0 Å². The van der Waals surface area contributed by atoms with Gasteiger partial charge in [0.15, 0.2) is 0 Å². The molecule has 0 aromatic heterocycles. The molecule has 11 heavy (non-hydrogen) atoms. The van der Waals surface area contributed by atoms with Gasteiger partial charge in [-0.3, -0.25) is 0 Å². The summed E-state index contributed by atoms with van der Waals surface area (Å²) in [4.78, 5) is 12.8. The summed E-state index contributed by atoms with van der Waals surface area (Å²) in [5.74, 6) is -0.727. The van der Waals surface area contributed by atoms with Crippen LogP contribution in [-0.2, 0) is 9.53 Å². The van der Waals surface area contributed by atoms with Crippen LogP contribution in [0.1, 0.15) is 0 Å². The normalized spacial score (nSPS) is 9.18. The molecule has 0 aliphatic carbocycles. The van der Waals surface area contributed by atoms with E-state index in [-0.39, 0.29) is 13.2 Å². The second-order valence-electron chi connectivity index (χ2n) is 1.53. The molecule has 0 bridgehead atoms. The number of hydrogen-bond donors (Lipinski definition) is 1. The fourth-order valence-corrected chi connectivity index (χ4v) is 0.357. The van der Waals surface area contributed by atoms with Crippen LogP contribution in [0.25, 0.3) is 5.53 Å². The molecular weight excluding hydrogens is 148 g/mol. The first kappa shape index (κ1) is 9.55. The van der Waals surface area contributed by atoms with Gasteiger partial charge in [-0.1, -0.05) is 6.08 Å². The lowest BCUT2D eigenvalue weighted by atomic mass is 10.5. The van der Waals surface area contributed by atoms with Crippen molar-refractivity contribution in [3.63, 3.8) is 0 Å². The van der Waals surface area contributed by atoms with Crippen molar-refractivity contribution in [1.29, 1.82) is 0 Å². The third-order valence-electron chi connectivity index (χ3n) is 0.757. The van der Waals surface area contributed by atoms with E-state index in [2.05, 4.69) is 9.53 Å². The molecule has 0 fully saturated rings. The molecule has 0 saturated heterocycles. The molecule has 0 radical (unpaired) electrons. The van der Waals surface area contributed by atoms with Gasteiger partial charge < -0.3 is 15.4 Å². The topological polar surface area (TPSA) is 82.9 Å². The molecule has 0 aliphatic heterocycles. The second kappa shape index (κ2) is 6.67. The molecule has 0 atom stereocenters. The lowest BCUT2D eigenvalue weighted by molar-refractivity contribution is -0.137. The van der Waals surface area contributed by atoms with Crippen molar-refractivity contribution in [3.8, 4) is 0 Å². The number of carbonyl (C=O) groups excluding carboxylic acids is 1. The van der Waals surface area contributed by atoms with E-state index in [4.69, 9.17) is 10.6 Å². The molecule has 0 aliphatic rings. The highest BCUT2D eigenvalue weighted by Gasteiger charge is 1.99. The predicted molar refractivity (Wildman–Crippen MR) is 36.9 cm³/mol. The summed E-state index contributed by atoms with van der Waals surface area (Å²) in [7, 11) is 0. The molecule has 5 heteroatoms. The standard InChI is InChI=1S/C6H8N2O3/c7-8-5-6(10)11-4-2-1-3-9/h1-2,5,9H,3-4H2/b2-1+. The van der Waals surface area contributed by atoms with Crippen molar-refractivity contribution in [3.05, 3.63) is 17.7 Å². The monoisotopic (exact) mass is 156 g/mol. The van der Waals surface area contributed by atoms with Crippen molar-refractivity contribution < 1.29 is 19.4 Å². The first-order chi connectivity index (χ1) is 5.31. The first-order valence-electron chi connectivity index (χ1n) is 2.91. The average molecular weight is 156 g/mol. The molecule has 0 heterocycles. The highest BCUT2D eigenvalue weighted by atomic mass is 16.5. The number of nitrogens with zero attached hydrogens (tertiary/aromatic N) is 2. The van der Waals surface area contributed by atoms with Crippen LogP contribution in [0.15, 0.2) is 12.2 Å². The van der Waals surface area contributed by atoms with Gasteiger partial charge in [0.05, 0.1) is 6.61 Å². The van der Waals surface area contributed by atoms with Crippen molar-refractivity contribution in [1.82, 2.24) is 0 Å². The van der Waals surface area contributed by atoms with Crippen LogP contribution < -0.4 is 0 Å². The van der Waals surface area contributed by atoms with Gasteiger partial charge in [0.25, 0.3) is 0 Å². The lowest BCUT2D eigenvalue weighted by Gasteiger charge is -1.90. The minimum absolute atomic E-state index is 0.0609. The van der Waals surface area contributed by atoms with Gasteiger partial charge in [0.1, 0.15) is 6.61 Å². The molecule has 5 nitrogen and oxygen atoms in total. The maximum atomic E-state index is 10.4. The third kappa shape index (κ3) is 6.44. The predicted octanol–water partition coefficient (Wildman–Crippen LogP) is -0.621. The van der Waals surface area contributed by atoms with Crippen molar-refractivity contribution in [2.24, 2.45) is 0 Å². The van der Waals surface area contributed by atoms with Crippen molar-refractivity contribution >= 4 is 12.2 Å². The summed E-state index contributed by atoms with van der Waals surface area (Å²) in [6, 6.07) is 0. The van der Waals surface area contributed by atoms with E-state index in [9.17, 15) is 4.79 Å². The summed E-state index contributed by atoms with van der Waals surface area (Å²) >= 11 is 0. The zero-order chi connectivity index (χ0) is 8.53. The number of hydrogen-bond acceptors (Lipinski definition) is 3. The van der Waals surface area contributed by atoms with Crippen molar-refractivity contribution in [2.45, 2.75) is 0 Å². The number of ether oxygens (including phenoxy) is 1. The number of aliphatic hydroxyl groups is 1. The number of aliphatic hydroxyl groups excluding tert-OH is 1. The van der Waals surface area contributed by atoms with Crippen LogP contribution in [-0.4, -0.2) is 35.3 Å². The minimum atomic E-state index is -0.727. The number of esters is 1. The molecule has 60 valence electrons. The Bertz CT molecular complexity index is 194. The van der Waals surface area contributed by atoms with Crippen LogP contribution >= 0.6 is 0 Å². The molecule has 0 amide bonds. The van der Waals surface area contributed by atoms with Gasteiger partial charge in [-0.05, 0) is 6.08 Å². The highest BCUT2D eigenvalue weighted by molar-refractivity contribution is 6.20. The lowest BCUT2D eigenvalue weighted by Crippen LogP contribution is -2.05. The van der Waals surface area contributed by atoms with E-state index in [0.29, 0.717) is 6.21 Å². The molecule has 0 aromatic rings. The van der Waals surface area contributed by atoms with Crippen LogP contribution in [0, 0.1) is 0 Å². The Hall–Kier alpha value is -1.45. The smallest absolute Gasteiger partial charge is 0.413 e. The first-order valence-corrected chi connectivity index (χ1v) is 2.91. The largest absolute Gasteiger partial charge is 0.453 e. The molecule has 0 unspecified atom stereocenters. The molecule has 0 saturated carbocycles. The van der Waals surface area contributed by atoms with Crippen LogP contribution in [0.2, 0.25) is 0 Å². The summed E-state index contributed by atoms with van der Waals surface area (Å²) in [5.41, 5.74) is 7.85. The van der Waals surface area contributed by atoms with E-state index in [1.807, 2.05) is 0 Å². The van der Waals surface area contributed by atoms with E-state index < -0.39 is 5.97 Å². The zero-order valence-corrected chi connectivity index (χ0v) is 5.80. The number of rotatable bonds is 4. The molecular formula is C6H8N2O3. The van der Waals surface area contributed by atoms with E-state index >= 15 is 0 Å². The Balaban J connectivity index is 3.46. The SMILES string of the molecule is [N-]=[N+]=CC(=O)OC/C=C/CO. The maximum Gasteiger partial charge on any atom is 0.413 e. The number of carbonyl (C=O) groups is 1. The Kier molecular flexibility index (Phi) is 5.79. The second-order valence-corrected chi connectivity index (χ2v) is 1.53. The Labute approximate surface area is 63.5 Å². The van der Waals surface area contributed by atoms with Crippen molar-refractivity contribution in [2.75, 3.05) is 13.2 Å². The van der Waals surface area contributed by atoms with Gasteiger partial charge in [-0.2, -0.15) is 4.79 Å². The highest BCUT2D eigenvalue weighted by Crippen LogP contribution is 1.76. The van der Waals surface area contributed by atoms with E-state index in [1.165, 1.54) is 12.2 Å². The van der Waals surface area contributed by atoms with E-state index in [1.54, 1.807) is 0 Å². The Morgan fingerprint density at radius 2 is 2.36 bits per heavy atom. The fraction of sp³-hybridized carbons (Fsp3) is 0.333. The summed E-state index contributed by atoms with van der Waals surface area (Å²) in [6.07, 6.45) is 3.55. The minimum Gasteiger partial charge on any atom is -0.453 e. The average Bonchev–Trinajstić information content (AvgIpc) is 1.99.